The van der Waals surface area contributed by atoms with Gasteiger partial charge in [0.1, 0.15) is 5.69 Å². The summed E-state index contributed by atoms with van der Waals surface area (Å²) in [5.74, 6) is -0.240. The number of nitrogens with one attached hydrogen (secondary N) is 2. The molecule has 1 heterocycles. The number of H-pyrrole nitrogens is 1. The highest BCUT2D eigenvalue weighted by molar-refractivity contribution is 6.34. The Hall–Kier alpha value is -1.78. The molecule has 0 spiro atoms. The first kappa shape index (κ1) is 16.3. The largest absolute Gasteiger partial charge is 0.382 e. The van der Waals surface area contributed by atoms with E-state index in [1.165, 1.54) is 0 Å². The zero-order chi connectivity index (χ0) is 14.8. The third kappa shape index (κ3) is 5.47. The maximum absolute atomic E-state index is 11.7. The second-order valence-electron chi connectivity index (χ2n) is 3.80. The summed E-state index contributed by atoms with van der Waals surface area (Å²) >= 11 is 5.81. The quantitative estimate of drug-likeness (QED) is 0.896. The molecule has 4 nitrogen and oxygen atoms in total. The number of amides is 1. The lowest BCUT2D eigenvalue weighted by atomic mass is 10.3. The first-order valence-corrected chi connectivity index (χ1v) is 6.83. The Bertz CT molecular complexity index is 510. The van der Waals surface area contributed by atoms with Crippen molar-refractivity contribution in [3.05, 3.63) is 53.3 Å². The first-order valence-electron chi connectivity index (χ1n) is 6.46. The van der Waals surface area contributed by atoms with Crippen molar-refractivity contribution in [3.63, 3.8) is 0 Å². The second-order valence-corrected chi connectivity index (χ2v) is 4.21. The maximum atomic E-state index is 11.7. The van der Waals surface area contributed by atoms with Crippen molar-refractivity contribution in [2.24, 2.45) is 0 Å². The van der Waals surface area contributed by atoms with Crippen LogP contribution in [0.5, 0.6) is 0 Å². The fourth-order valence-electron chi connectivity index (χ4n) is 1.44. The minimum absolute atomic E-state index is 0.240. The summed E-state index contributed by atoms with van der Waals surface area (Å²) in [6, 6.07) is 10.9. The van der Waals surface area contributed by atoms with Gasteiger partial charge in [0.15, 0.2) is 0 Å². The summed E-state index contributed by atoms with van der Waals surface area (Å²) in [6.45, 7) is 5.67. The van der Waals surface area contributed by atoms with E-state index in [0.29, 0.717) is 10.7 Å². The van der Waals surface area contributed by atoms with E-state index in [9.17, 15) is 4.79 Å². The molecule has 0 aliphatic heterocycles. The van der Waals surface area contributed by atoms with Crippen LogP contribution in [0.3, 0.4) is 0 Å². The van der Waals surface area contributed by atoms with E-state index in [2.05, 4.69) is 10.3 Å². The number of aromatic nitrogens is 1. The molecule has 0 radical (unpaired) electrons. The van der Waals surface area contributed by atoms with E-state index < -0.39 is 0 Å². The van der Waals surface area contributed by atoms with Crippen LogP contribution in [0.2, 0.25) is 5.02 Å². The Kier molecular flexibility index (Phi) is 7.47. The highest BCUT2D eigenvalue weighted by atomic mass is 35.5. The molecule has 108 valence electrons. The van der Waals surface area contributed by atoms with E-state index in [-0.39, 0.29) is 5.91 Å². The number of anilines is 1. The van der Waals surface area contributed by atoms with Gasteiger partial charge in [-0.2, -0.15) is 0 Å². The molecule has 1 aromatic carbocycles. The second kappa shape index (κ2) is 9.18. The Balaban J connectivity index is 0.000000347. The number of ether oxygens (including phenoxy) is 1. The fourth-order valence-corrected chi connectivity index (χ4v) is 1.65. The Morgan fingerprint density at radius 1 is 1.20 bits per heavy atom. The molecule has 0 aliphatic rings. The number of aromatic amines is 1. The summed E-state index contributed by atoms with van der Waals surface area (Å²) in [6.07, 6.45) is 1.63. The number of hydrogen-bond donors (Lipinski definition) is 2. The van der Waals surface area contributed by atoms with E-state index in [1.54, 1.807) is 12.3 Å². The predicted molar refractivity (Wildman–Crippen MR) is 82.4 cm³/mol. The lowest BCUT2D eigenvalue weighted by Crippen LogP contribution is -2.12. The highest BCUT2D eigenvalue weighted by Crippen LogP contribution is 2.15. The van der Waals surface area contributed by atoms with Crippen molar-refractivity contribution < 1.29 is 9.53 Å². The van der Waals surface area contributed by atoms with Gasteiger partial charge in [-0.3, -0.25) is 4.79 Å². The molecule has 0 fully saturated rings. The van der Waals surface area contributed by atoms with Crippen molar-refractivity contribution in [1.82, 2.24) is 4.98 Å². The molecular weight excluding hydrogens is 276 g/mol. The fraction of sp³-hybridized carbons (Fsp3) is 0.267. The maximum Gasteiger partial charge on any atom is 0.273 e. The molecule has 2 rings (SSSR count). The van der Waals surface area contributed by atoms with Crippen LogP contribution >= 0.6 is 11.6 Å². The number of hydrogen-bond acceptors (Lipinski definition) is 2. The molecule has 0 bridgehead atoms. The van der Waals surface area contributed by atoms with E-state index >= 15 is 0 Å². The topological polar surface area (TPSA) is 54.1 Å². The van der Waals surface area contributed by atoms with Crippen LogP contribution < -0.4 is 5.32 Å². The average Bonchev–Trinajstić information content (AvgIpc) is 2.88. The minimum Gasteiger partial charge on any atom is -0.382 e. The van der Waals surface area contributed by atoms with Gasteiger partial charge in [-0.1, -0.05) is 29.8 Å². The van der Waals surface area contributed by atoms with Crippen LogP contribution in [0.4, 0.5) is 5.69 Å². The van der Waals surface area contributed by atoms with E-state index in [0.717, 1.165) is 18.9 Å². The Morgan fingerprint density at radius 2 is 1.85 bits per heavy atom. The van der Waals surface area contributed by atoms with Crippen LogP contribution in [0.25, 0.3) is 0 Å². The smallest absolute Gasteiger partial charge is 0.273 e. The Morgan fingerprint density at radius 3 is 2.30 bits per heavy atom. The van der Waals surface area contributed by atoms with Gasteiger partial charge in [0.25, 0.3) is 5.91 Å². The number of rotatable bonds is 4. The molecule has 0 aliphatic carbocycles. The van der Waals surface area contributed by atoms with Crippen molar-refractivity contribution in [1.29, 1.82) is 0 Å². The summed E-state index contributed by atoms with van der Waals surface area (Å²) < 4.78 is 4.83. The van der Waals surface area contributed by atoms with Gasteiger partial charge in [-0.25, -0.2) is 0 Å². The monoisotopic (exact) mass is 294 g/mol. The van der Waals surface area contributed by atoms with Crippen LogP contribution in [0, 0.1) is 0 Å². The van der Waals surface area contributed by atoms with Crippen molar-refractivity contribution in [2.45, 2.75) is 13.8 Å². The van der Waals surface area contributed by atoms with Gasteiger partial charge >= 0.3 is 0 Å². The van der Waals surface area contributed by atoms with Crippen molar-refractivity contribution in [3.8, 4) is 0 Å². The lowest BCUT2D eigenvalue weighted by molar-refractivity contribution is 0.102. The standard InChI is InChI=1S/C11H9ClN2O.C4H10O/c12-9-6-7-13-10(9)11(15)14-8-4-2-1-3-5-8;1-3-5-4-2/h1-7,13H,(H,14,15);3-4H2,1-2H3. The van der Waals surface area contributed by atoms with Gasteiger partial charge in [0.05, 0.1) is 5.02 Å². The van der Waals surface area contributed by atoms with Crippen molar-refractivity contribution in [2.75, 3.05) is 18.5 Å². The van der Waals surface area contributed by atoms with Gasteiger partial charge < -0.3 is 15.0 Å². The van der Waals surface area contributed by atoms with Crippen LogP contribution in [-0.2, 0) is 4.74 Å². The van der Waals surface area contributed by atoms with Gasteiger partial charge in [0.2, 0.25) is 0 Å². The van der Waals surface area contributed by atoms with Crippen LogP contribution in [0.1, 0.15) is 24.3 Å². The van der Waals surface area contributed by atoms with E-state index in [4.69, 9.17) is 16.3 Å². The summed E-state index contributed by atoms with van der Waals surface area (Å²) in [4.78, 5) is 14.5. The van der Waals surface area contributed by atoms with E-state index in [1.807, 2.05) is 44.2 Å². The van der Waals surface area contributed by atoms with Gasteiger partial charge in [-0.15, -0.1) is 0 Å². The average molecular weight is 295 g/mol. The third-order valence-electron chi connectivity index (χ3n) is 2.36. The summed E-state index contributed by atoms with van der Waals surface area (Å²) in [5, 5.41) is 3.15. The zero-order valence-electron chi connectivity index (χ0n) is 11.7. The molecule has 1 aromatic heterocycles. The van der Waals surface area contributed by atoms with Crippen LogP contribution in [-0.4, -0.2) is 24.1 Å². The number of carbonyl (C=O) groups is 1. The molecule has 1 amide bonds. The Labute approximate surface area is 124 Å². The highest BCUT2D eigenvalue weighted by Gasteiger charge is 2.10. The first-order chi connectivity index (χ1) is 9.69. The minimum atomic E-state index is -0.240. The molecule has 20 heavy (non-hydrogen) atoms. The zero-order valence-corrected chi connectivity index (χ0v) is 12.4. The molecule has 0 atom stereocenters. The molecule has 0 unspecified atom stereocenters. The molecule has 5 heteroatoms. The van der Waals surface area contributed by atoms with Gasteiger partial charge in [-0.05, 0) is 32.0 Å². The van der Waals surface area contributed by atoms with Gasteiger partial charge in [0, 0.05) is 25.1 Å². The number of benzene rings is 1. The lowest BCUT2D eigenvalue weighted by Gasteiger charge is -2.03. The van der Waals surface area contributed by atoms with Crippen LogP contribution in [0.15, 0.2) is 42.6 Å². The molecule has 2 N–H and O–H groups in total. The molecular formula is C15H19ClN2O2. The third-order valence-corrected chi connectivity index (χ3v) is 2.68. The molecule has 0 saturated heterocycles. The normalized spacial score (nSPS) is 9.55. The number of halogens is 1. The SMILES string of the molecule is CCOCC.O=C(Nc1ccccc1)c1[nH]ccc1Cl. The predicted octanol–water partition coefficient (Wildman–Crippen LogP) is 3.96. The van der Waals surface area contributed by atoms with Crippen molar-refractivity contribution >= 4 is 23.2 Å². The summed E-state index contributed by atoms with van der Waals surface area (Å²) in [5.41, 5.74) is 1.12. The summed E-state index contributed by atoms with van der Waals surface area (Å²) in [7, 11) is 0. The molecule has 2 aromatic rings. The number of carbonyl (C=O) groups excluding carboxylic acids is 1. The number of para-hydroxylation sites is 1. The molecule has 0 saturated carbocycles.